The van der Waals surface area contributed by atoms with Gasteiger partial charge in [0.2, 0.25) is 0 Å². The van der Waals surface area contributed by atoms with Gasteiger partial charge in [-0.3, -0.25) is 4.57 Å². The molecule has 0 aliphatic rings. The van der Waals surface area contributed by atoms with Crippen LogP contribution in [0.15, 0.2) is 0 Å². The summed E-state index contributed by atoms with van der Waals surface area (Å²) in [5, 5.41) is 0. The van der Waals surface area contributed by atoms with E-state index in [1.54, 1.807) is 14.0 Å². The Labute approximate surface area is 89.7 Å². The number of nitrogens with zero attached hydrogens (tertiary/aromatic N) is 3. The minimum atomic E-state index is -2.44. The molecule has 0 saturated carbocycles. The fourth-order valence-corrected chi connectivity index (χ4v) is 3.22. The van der Waals surface area contributed by atoms with Crippen LogP contribution in [0.2, 0.25) is 0 Å². The summed E-state index contributed by atoms with van der Waals surface area (Å²) in [6.45, 7) is 0. The molecule has 0 aromatic rings. The predicted molar refractivity (Wildman–Crippen MR) is 48.7 cm³/mol. The van der Waals surface area contributed by atoms with E-state index in [0.29, 0.717) is 0 Å². The molecule has 0 saturated heterocycles. The van der Waals surface area contributed by atoms with E-state index in [0.717, 1.165) is 0 Å². The average molecular weight is 275 g/mol. The van der Waals surface area contributed by atoms with Crippen molar-refractivity contribution in [3.05, 3.63) is 0 Å². The summed E-state index contributed by atoms with van der Waals surface area (Å²) in [5.74, 6) is 0. The first-order valence-electron chi connectivity index (χ1n) is 3.47. The fourth-order valence-electron chi connectivity index (χ4n) is 1.07. The van der Waals surface area contributed by atoms with E-state index in [9.17, 15) is 4.57 Å². The maximum absolute atomic E-state index is 12.1. The van der Waals surface area contributed by atoms with Crippen LogP contribution in [0.4, 0.5) is 0 Å². The molecule has 0 amide bonds. The van der Waals surface area contributed by atoms with Gasteiger partial charge in [-0.05, 0) is 42.3 Å². The van der Waals surface area contributed by atoms with Crippen molar-refractivity contribution in [2.45, 2.75) is 0 Å². The molecule has 0 rings (SSSR count). The van der Waals surface area contributed by atoms with Crippen molar-refractivity contribution in [2.24, 2.45) is 0 Å². The van der Waals surface area contributed by atoms with Crippen molar-refractivity contribution in [3.63, 3.8) is 0 Å². The summed E-state index contributed by atoms with van der Waals surface area (Å²) < 4.78 is 17.3. The maximum Gasteiger partial charge on any atom is 0.285 e. The molecule has 0 N–H and O–H groups in total. The SMILES string of the molecule is CN(C)P(=O)(N(C)C)N(C)C.[Mo]. The van der Waals surface area contributed by atoms with Crippen LogP contribution >= 0.6 is 7.59 Å². The molecule has 74 valence electrons. The zero-order chi connectivity index (χ0) is 9.23. The molecule has 0 spiro atoms. The van der Waals surface area contributed by atoms with Gasteiger partial charge in [0.15, 0.2) is 0 Å². The van der Waals surface area contributed by atoms with E-state index in [2.05, 4.69) is 0 Å². The van der Waals surface area contributed by atoms with Gasteiger partial charge in [-0.25, -0.2) is 14.0 Å². The van der Waals surface area contributed by atoms with E-state index in [4.69, 9.17) is 0 Å². The Kier molecular flexibility index (Phi) is 7.02. The van der Waals surface area contributed by atoms with Crippen LogP contribution in [0.3, 0.4) is 0 Å². The number of hydrogen-bond donors (Lipinski definition) is 0. The molecule has 0 aromatic carbocycles. The molecule has 4 nitrogen and oxygen atoms in total. The fraction of sp³-hybridized carbons (Fsp3) is 1.00. The molecular formula is C6H18MoN3OP. The molecule has 0 aromatic heterocycles. The molecule has 0 fully saturated rings. The normalized spacial score (nSPS) is 12.4. The van der Waals surface area contributed by atoms with Gasteiger partial charge < -0.3 is 0 Å². The molecule has 6 heteroatoms. The quantitative estimate of drug-likeness (QED) is 0.561. The van der Waals surface area contributed by atoms with E-state index in [1.165, 1.54) is 0 Å². The average Bonchev–Trinajstić information content (AvgIpc) is 1.84. The van der Waals surface area contributed by atoms with Gasteiger partial charge in [-0.1, -0.05) is 0 Å². The second-order valence-electron chi connectivity index (χ2n) is 3.05. The zero-order valence-corrected chi connectivity index (χ0v) is 11.5. The molecule has 0 unspecified atom stereocenters. The van der Waals surface area contributed by atoms with Crippen molar-refractivity contribution in [1.82, 2.24) is 14.0 Å². The molecule has 0 aliphatic carbocycles. The zero-order valence-electron chi connectivity index (χ0n) is 8.61. The van der Waals surface area contributed by atoms with Crippen LogP contribution in [-0.2, 0) is 25.6 Å². The van der Waals surface area contributed by atoms with Crippen molar-refractivity contribution in [2.75, 3.05) is 42.3 Å². The Balaban J connectivity index is 0. The van der Waals surface area contributed by atoms with Gasteiger partial charge in [-0.15, -0.1) is 0 Å². The van der Waals surface area contributed by atoms with Crippen molar-refractivity contribution >= 4 is 7.59 Å². The second kappa shape index (κ2) is 5.51. The van der Waals surface area contributed by atoms with E-state index >= 15 is 0 Å². The van der Waals surface area contributed by atoms with Crippen LogP contribution in [0.1, 0.15) is 0 Å². The van der Waals surface area contributed by atoms with Crippen LogP contribution < -0.4 is 0 Å². The van der Waals surface area contributed by atoms with Crippen LogP contribution in [0.25, 0.3) is 0 Å². The number of hydrogen-bond acceptors (Lipinski definition) is 1. The topological polar surface area (TPSA) is 26.8 Å². The molecular weight excluding hydrogens is 257 g/mol. The molecule has 0 radical (unpaired) electrons. The van der Waals surface area contributed by atoms with Crippen molar-refractivity contribution < 1.29 is 25.6 Å². The van der Waals surface area contributed by atoms with E-state index < -0.39 is 7.59 Å². The van der Waals surface area contributed by atoms with Gasteiger partial charge in [0.1, 0.15) is 0 Å². The third-order valence-electron chi connectivity index (χ3n) is 1.56. The molecule has 0 heterocycles. The van der Waals surface area contributed by atoms with Crippen LogP contribution in [-0.4, -0.2) is 56.3 Å². The predicted octanol–water partition coefficient (Wildman–Crippen LogP) is 0.777. The van der Waals surface area contributed by atoms with Gasteiger partial charge in [-0.2, -0.15) is 0 Å². The first-order valence-corrected chi connectivity index (χ1v) is 5.03. The first kappa shape index (κ1) is 15.3. The van der Waals surface area contributed by atoms with Gasteiger partial charge in [0.25, 0.3) is 7.59 Å². The largest absolute Gasteiger partial charge is 0.285 e. The molecule has 0 aliphatic heterocycles. The summed E-state index contributed by atoms with van der Waals surface area (Å²) in [4.78, 5) is 0. The van der Waals surface area contributed by atoms with Crippen LogP contribution in [0, 0.1) is 0 Å². The summed E-state index contributed by atoms with van der Waals surface area (Å²) >= 11 is 0. The smallest absolute Gasteiger partial charge is 0.270 e. The Morgan fingerprint density at radius 1 is 0.750 bits per heavy atom. The third kappa shape index (κ3) is 2.93. The van der Waals surface area contributed by atoms with Crippen molar-refractivity contribution in [3.8, 4) is 0 Å². The van der Waals surface area contributed by atoms with Gasteiger partial charge in [0, 0.05) is 21.1 Å². The second-order valence-corrected chi connectivity index (χ2v) is 6.48. The van der Waals surface area contributed by atoms with E-state index in [-0.39, 0.29) is 21.1 Å². The Bertz CT molecular complexity index is 144. The Morgan fingerprint density at radius 3 is 0.917 bits per heavy atom. The number of rotatable bonds is 3. The van der Waals surface area contributed by atoms with E-state index in [1.807, 2.05) is 42.3 Å². The summed E-state index contributed by atoms with van der Waals surface area (Å²) in [6.07, 6.45) is 0. The Hall–Kier alpha value is 0.798. The first-order chi connectivity index (χ1) is 4.83. The maximum atomic E-state index is 12.1. The molecule has 0 bridgehead atoms. The van der Waals surface area contributed by atoms with Gasteiger partial charge >= 0.3 is 0 Å². The monoisotopic (exact) mass is 277 g/mol. The van der Waals surface area contributed by atoms with Crippen molar-refractivity contribution in [1.29, 1.82) is 0 Å². The minimum absolute atomic E-state index is 0. The standard InChI is InChI=1S/C6H18N3OP.Mo/c1-7(2)11(10,8(3)4)9(5)6;/h1-6H3;. The van der Waals surface area contributed by atoms with Gasteiger partial charge in [0.05, 0.1) is 0 Å². The molecule has 0 atom stereocenters. The summed E-state index contributed by atoms with van der Waals surface area (Å²) in [7, 11) is 8.49. The molecule has 12 heavy (non-hydrogen) atoms. The summed E-state index contributed by atoms with van der Waals surface area (Å²) in [5.41, 5.74) is 0. The summed E-state index contributed by atoms with van der Waals surface area (Å²) in [6, 6.07) is 0. The minimum Gasteiger partial charge on any atom is -0.270 e. The third-order valence-corrected chi connectivity index (χ3v) is 4.69. The Morgan fingerprint density at radius 2 is 0.917 bits per heavy atom. The van der Waals surface area contributed by atoms with Crippen LogP contribution in [0.5, 0.6) is 0 Å².